The topological polar surface area (TPSA) is 17.1 Å². The molecule has 0 aromatic heterocycles. The van der Waals surface area contributed by atoms with Gasteiger partial charge in [-0.25, -0.2) is 0 Å². The fraction of sp³-hybridized carbons (Fsp3) is 0.609. The molecule has 24 heavy (non-hydrogen) atoms. The maximum atomic E-state index is 13.3. The first-order valence-corrected chi connectivity index (χ1v) is 9.61. The predicted octanol–water partition coefficient (Wildman–Crippen LogP) is 6.58. The van der Waals surface area contributed by atoms with Gasteiger partial charge in [-0.2, -0.15) is 0 Å². The zero-order chi connectivity index (χ0) is 17.9. The highest BCUT2D eigenvalue weighted by molar-refractivity contribution is 6.02. The van der Waals surface area contributed by atoms with Crippen molar-refractivity contribution in [3.05, 3.63) is 46.6 Å². The summed E-state index contributed by atoms with van der Waals surface area (Å²) in [4.78, 5) is 13.3. The Morgan fingerprint density at radius 2 is 2.04 bits per heavy atom. The van der Waals surface area contributed by atoms with E-state index in [9.17, 15) is 4.79 Å². The summed E-state index contributed by atoms with van der Waals surface area (Å²) >= 11 is 0. The third-order valence-corrected chi connectivity index (χ3v) is 5.77. The molecule has 0 saturated heterocycles. The average Bonchev–Trinajstić information content (AvgIpc) is 2.54. The number of ketones is 1. The molecule has 2 aliphatic carbocycles. The van der Waals surface area contributed by atoms with E-state index < -0.39 is 0 Å². The summed E-state index contributed by atoms with van der Waals surface area (Å²) in [6.45, 7) is 13.4. The van der Waals surface area contributed by atoms with Gasteiger partial charge in [-0.15, -0.1) is 0 Å². The minimum atomic E-state index is -0.0870. The van der Waals surface area contributed by atoms with Gasteiger partial charge in [0.05, 0.1) is 0 Å². The van der Waals surface area contributed by atoms with E-state index in [0.717, 1.165) is 31.3 Å². The highest BCUT2D eigenvalue weighted by atomic mass is 16.1. The van der Waals surface area contributed by atoms with Gasteiger partial charge >= 0.3 is 0 Å². The summed E-state index contributed by atoms with van der Waals surface area (Å²) in [5, 5.41) is 0. The lowest BCUT2D eigenvalue weighted by Crippen LogP contribution is -2.36. The van der Waals surface area contributed by atoms with E-state index in [-0.39, 0.29) is 11.3 Å². The van der Waals surface area contributed by atoms with Crippen molar-refractivity contribution in [1.29, 1.82) is 0 Å². The second-order valence-corrected chi connectivity index (χ2v) is 8.15. The number of fused-ring (bicyclic) bond motifs is 1. The maximum absolute atomic E-state index is 13.3. The number of hydrogen-bond acceptors (Lipinski definition) is 1. The van der Waals surface area contributed by atoms with Gasteiger partial charge in [0.25, 0.3) is 0 Å². The number of allylic oxidation sites excluding steroid dienone is 8. The molecule has 1 nitrogen and oxygen atoms in total. The van der Waals surface area contributed by atoms with Crippen LogP contribution >= 0.6 is 0 Å². The lowest BCUT2D eigenvalue weighted by molar-refractivity contribution is -0.119. The van der Waals surface area contributed by atoms with E-state index in [0.29, 0.717) is 11.7 Å². The molecule has 0 bridgehead atoms. The fourth-order valence-electron chi connectivity index (χ4n) is 4.49. The van der Waals surface area contributed by atoms with Crippen molar-refractivity contribution in [1.82, 2.24) is 0 Å². The molecule has 0 aliphatic heterocycles. The Morgan fingerprint density at radius 3 is 2.67 bits per heavy atom. The fourth-order valence-corrected chi connectivity index (χ4v) is 4.49. The largest absolute Gasteiger partial charge is 0.294 e. The van der Waals surface area contributed by atoms with Crippen LogP contribution in [0.5, 0.6) is 0 Å². The Kier molecular flexibility index (Phi) is 6.06. The number of rotatable bonds is 6. The molecule has 0 amide bonds. The van der Waals surface area contributed by atoms with Crippen molar-refractivity contribution in [3.8, 4) is 0 Å². The van der Waals surface area contributed by atoms with Crippen molar-refractivity contribution in [3.63, 3.8) is 0 Å². The van der Waals surface area contributed by atoms with Crippen LogP contribution in [-0.4, -0.2) is 5.78 Å². The Balaban J connectivity index is 2.39. The van der Waals surface area contributed by atoms with Crippen molar-refractivity contribution in [2.24, 2.45) is 17.3 Å². The van der Waals surface area contributed by atoms with Gasteiger partial charge in [0, 0.05) is 17.4 Å². The molecule has 0 spiro atoms. The van der Waals surface area contributed by atoms with Gasteiger partial charge in [-0.3, -0.25) is 4.79 Å². The predicted molar refractivity (Wildman–Crippen MR) is 104 cm³/mol. The van der Waals surface area contributed by atoms with Gasteiger partial charge < -0.3 is 0 Å². The van der Waals surface area contributed by atoms with Crippen LogP contribution < -0.4 is 0 Å². The molecule has 0 fully saturated rings. The van der Waals surface area contributed by atoms with E-state index >= 15 is 0 Å². The molecule has 132 valence electrons. The quantitative estimate of drug-likeness (QED) is 0.504. The smallest absolute Gasteiger partial charge is 0.166 e. The van der Waals surface area contributed by atoms with E-state index in [4.69, 9.17) is 0 Å². The van der Waals surface area contributed by atoms with E-state index in [1.807, 2.05) is 0 Å². The Bertz CT molecular complexity index is 610. The zero-order valence-electron chi connectivity index (χ0n) is 16.4. The molecule has 0 heterocycles. The Hall–Kier alpha value is -1.37. The molecule has 0 radical (unpaired) electrons. The van der Waals surface area contributed by atoms with Crippen LogP contribution in [0.1, 0.15) is 73.6 Å². The zero-order valence-corrected chi connectivity index (χ0v) is 16.4. The molecule has 2 atom stereocenters. The first-order chi connectivity index (χ1) is 11.3. The molecule has 0 aromatic rings. The van der Waals surface area contributed by atoms with Crippen molar-refractivity contribution >= 4 is 5.78 Å². The average molecular weight is 327 g/mol. The first kappa shape index (κ1) is 19.0. The van der Waals surface area contributed by atoms with E-state index in [1.165, 1.54) is 23.1 Å². The highest BCUT2D eigenvalue weighted by Gasteiger charge is 2.42. The van der Waals surface area contributed by atoms with Gasteiger partial charge in [0.2, 0.25) is 0 Å². The van der Waals surface area contributed by atoms with Gasteiger partial charge in [-0.05, 0) is 44.9 Å². The van der Waals surface area contributed by atoms with Crippen LogP contribution in [0.15, 0.2) is 46.6 Å². The minimum Gasteiger partial charge on any atom is -0.294 e. The summed E-state index contributed by atoms with van der Waals surface area (Å²) in [6, 6.07) is 0. The summed E-state index contributed by atoms with van der Waals surface area (Å²) in [5.41, 5.74) is 5.12. The molecular weight excluding hydrogens is 292 g/mol. The van der Waals surface area contributed by atoms with E-state index in [1.54, 1.807) is 0 Å². The van der Waals surface area contributed by atoms with Crippen LogP contribution in [0.25, 0.3) is 0 Å². The number of carbonyl (C=O) groups excluding carboxylic acids is 1. The molecule has 1 heteroatoms. The molecule has 2 rings (SSSR count). The van der Waals surface area contributed by atoms with Crippen molar-refractivity contribution in [2.75, 3.05) is 0 Å². The maximum Gasteiger partial charge on any atom is 0.166 e. The summed E-state index contributed by atoms with van der Waals surface area (Å²) in [6.07, 6.45) is 14.1. The van der Waals surface area contributed by atoms with Crippen molar-refractivity contribution in [2.45, 2.75) is 73.6 Å². The van der Waals surface area contributed by atoms with Crippen LogP contribution in [0.3, 0.4) is 0 Å². The van der Waals surface area contributed by atoms with E-state index in [2.05, 4.69) is 65.8 Å². The Labute approximate surface area is 148 Å². The minimum absolute atomic E-state index is 0.0821. The van der Waals surface area contributed by atoms with Crippen LogP contribution in [0.4, 0.5) is 0 Å². The number of Topliss-reactive ketones (excluding diaryl/α,β-unsaturated/α-hetero) is 1. The number of carbonyl (C=O) groups is 1. The van der Waals surface area contributed by atoms with Crippen LogP contribution in [-0.2, 0) is 4.79 Å². The summed E-state index contributed by atoms with van der Waals surface area (Å²) in [5.74, 6) is 0.894. The second kappa shape index (κ2) is 7.68. The monoisotopic (exact) mass is 326 g/mol. The number of hydrogen-bond donors (Lipinski definition) is 0. The molecule has 2 unspecified atom stereocenters. The normalized spacial score (nSPS) is 25.0. The first-order valence-electron chi connectivity index (χ1n) is 9.61. The third kappa shape index (κ3) is 3.66. The SMILES string of the molecule is CCC/C(C)=C/CC(C)(C)C1=C(C)C(CC)C2=CC=CCC2C1=O. The van der Waals surface area contributed by atoms with Gasteiger partial charge in [0.1, 0.15) is 0 Å². The molecule has 0 aromatic carbocycles. The Morgan fingerprint density at radius 1 is 1.33 bits per heavy atom. The molecule has 0 N–H and O–H groups in total. The highest BCUT2D eigenvalue weighted by Crippen LogP contribution is 2.47. The van der Waals surface area contributed by atoms with Crippen molar-refractivity contribution < 1.29 is 4.79 Å². The standard InChI is InChI=1S/C23H34O/c1-7-11-16(3)14-15-23(5,6)21-17(4)18(8-2)19-12-9-10-13-20(19)22(21)24/h9-10,12,14,18,20H,7-8,11,13,15H2,1-6H3/b16-14+. The lowest BCUT2D eigenvalue weighted by Gasteiger charge is -2.40. The van der Waals surface area contributed by atoms with Crippen LogP contribution in [0, 0.1) is 17.3 Å². The second-order valence-electron chi connectivity index (χ2n) is 8.15. The van der Waals surface area contributed by atoms with Gasteiger partial charge in [-0.1, -0.05) is 75.1 Å². The summed E-state index contributed by atoms with van der Waals surface area (Å²) < 4.78 is 0. The summed E-state index contributed by atoms with van der Waals surface area (Å²) in [7, 11) is 0. The molecule has 0 saturated carbocycles. The lowest BCUT2D eigenvalue weighted by atomic mass is 9.63. The van der Waals surface area contributed by atoms with Gasteiger partial charge in [0.15, 0.2) is 5.78 Å². The molecular formula is C23H34O. The third-order valence-electron chi connectivity index (χ3n) is 5.77. The van der Waals surface area contributed by atoms with Crippen LogP contribution in [0.2, 0.25) is 0 Å². The molecule has 2 aliphatic rings.